The fraction of sp³-hybridized carbons (Fsp3) is 0.600. The van der Waals surface area contributed by atoms with Crippen LogP contribution >= 0.6 is 11.6 Å². The van der Waals surface area contributed by atoms with E-state index in [1.165, 1.54) is 15.9 Å². The maximum absolute atomic E-state index is 15.3. The maximum Gasteiger partial charge on any atom is 0.274 e. The van der Waals surface area contributed by atoms with Crippen LogP contribution in [-0.2, 0) is 9.59 Å². The van der Waals surface area contributed by atoms with E-state index in [1.807, 2.05) is 0 Å². The highest BCUT2D eigenvalue weighted by molar-refractivity contribution is 6.31. The van der Waals surface area contributed by atoms with Crippen molar-refractivity contribution in [2.24, 2.45) is 16.7 Å². The van der Waals surface area contributed by atoms with Gasteiger partial charge in [-0.25, -0.2) is 13.2 Å². The van der Waals surface area contributed by atoms with Crippen molar-refractivity contribution >= 4 is 23.4 Å². The summed E-state index contributed by atoms with van der Waals surface area (Å²) in [4.78, 5) is 27.9. The average Bonchev–Trinajstić information content (AvgIpc) is 2.72. The lowest BCUT2D eigenvalue weighted by atomic mass is 9.64. The third-order valence-corrected chi connectivity index (χ3v) is 8.30. The van der Waals surface area contributed by atoms with Gasteiger partial charge in [-0.3, -0.25) is 9.59 Å². The number of halogens is 4. The van der Waals surface area contributed by atoms with Gasteiger partial charge in [-0.2, -0.15) is 0 Å². The largest absolute Gasteiger partial charge is 0.337 e. The minimum Gasteiger partial charge on any atom is -0.337 e. The first-order valence-corrected chi connectivity index (χ1v) is 11.8. The van der Waals surface area contributed by atoms with E-state index in [0.717, 1.165) is 12.5 Å². The Labute approximate surface area is 197 Å². The van der Waals surface area contributed by atoms with Crippen LogP contribution < -0.4 is 0 Å². The number of carbonyl (C=O) groups excluding carboxylic acids is 2. The maximum atomic E-state index is 15.3. The number of likely N-dealkylation sites (tertiary alicyclic amines) is 2. The lowest BCUT2D eigenvalue weighted by Crippen LogP contribution is -2.71. The fourth-order valence-electron chi connectivity index (χ4n) is 5.82. The second kappa shape index (κ2) is 8.33. The number of amides is 2. The van der Waals surface area contributed by atoms with Crippen LogP contribution in [0.2, 0.25) is 5.02 Å². The van der Waals surface area contributed by atoms with Crippen molar-refractivity contribution in [2.45, 2.75) is 51.4 Å². The number of nitrogens with zero attached hydrogens (tertiary/aromatic N) is 2. The molecule has 0 aromatic heterocycles. The summed E-state index contributed by atoms with van der Waals surface area (Å²) in [6, 6.07) is 4.59. The van der Waals surface area contributed by atoms with Crippen LogP contribution in [0.1, 0.15) is 51.0 Å². The van der Waals surface area contributed by atoms with Gasteiger partial charge in [0.1, 0.15) is 5.82 Å². The first-order chi connectivity index (χ1) is 15.4. The highest BCUT2D eigenvalue weighted by Gasteiger charge is 2.64. The van der Waals surface area contributed by atoms with Crippen LogP contribution in [0.3, 0.4) is 0 Å². The lowest BCUT2D eigenvalue weighted by Gasteiger charge is -2.57. The van der Waals surface area contributed by atoms with Gasteiger partial charge in [0.05, 0.1) is 17.0 Å². The number of carbonyl (C=O) groups is 2. The van der Waals surface area contributed by atoms with Gasteiger partial charge in [-0.15, -0.1) is 0 Å². The molecule has 3 fully saturated rings. The minimum atomic E-state index is -3.10. The Kier molecular flexibility index (Phi) is 6.09. The molecule has 4 nitrogen and oxygen atoms in total. The Morgan fingerprint density at radius 1 is 1.15 bits per heavy atom. The van der Waals surface area contributed by atoms with Gasteiger partial charge in [0.15, 0.2) is 0 Å². The average molecular weight is 483 g/mol. The molecule has 2 heterocycles. The number of hydrogen-bond donors (Lipinski definition) is 0. The molecule has 0 unspecified atom stereocenters. The Morgan fingerprint density at radius 2 is 1.85 bits per heavy atom. The minimum absolute atomic E-state index is 0.00220. The van der Waals surface area contributed by atoms with Crippen molar-refractivity contribution in [3.8, 4) is 0 Å². The van der Waals surface area contributed by atoms with Crippen LogP contribution in [0, 0.1) is 22.6 Å². The van der Waals surface area contributed by atoms with Crippen LogP contribution in [-0.4, -0.2) is 53.7 Å². The predicted octanol–water partition coefficient (Wildman–Crippen LogP) is 5.27. The third-order valence-electron chi connectivity index (χ3n) is 7.90. The molecule has 1 spiro atoms. The van der Waals surface area contributed by atoms with E-state index in [4.69, 9.17) is 11.6 Å². The number of hydrogen-bond acceptors (Lipinski definition) is 2. The predicted molar refractivity (Wildman–Crippen MR) is 121 cm³/mol. The van der Waals surface area contributed by atoms with E-state index in [9.17, 15) is 14.0 Å². The van der Waals surface area contributed by atoms with Crippen molar-refractivity contribution in [3.63, 3.8) is 0 Å². The molecule has 0 bridgehead atoms. The quantitative estimate of drug-likeness (QED) is 0.550. The molecular weight excluding hydrogens is 453 g/mol. The van der Waals surface area contributed by atoms with Gasteiger partial charge in [-0.1, -0.05) is 44.2 Å². The van der Waals surface area contributed by atoms with E-state index in [0.29, 0.717) is 18.4 Å². The molecule has 180 valence electrons. The van der Waals surface area contributed by atoms with Crippen molar-refractivity contribution in [2.75, 3.05) is 26.2 Å². The molecule has 1 saturated carbocycles. The molecule has 1 aromatic rings. The molecule has 1 aliphatic carbocycles. The van der Waals surface area contributed by atoms with Gasteiger partial charge >= 0.3 is 0 Å². The zero-order valence-corrected chi connectivity index (χ0v) is 19.8. The smallest absolute Gasteiger partial charge is 0.274 e. The van der Waals surface area contributed by atoms with E-state index in [-0.39, 0.29) is 54.2 Å². The molecule has 1 aromatic carbocycles. The molecule has 4 rings (SSSR count). The van der Waals surface area contributed by atoms with E-state index < -0.39 is 29.6 Å². The molecular formula is C25H30ClF3N2O2. The Morgan fingerprint density at radius 3 is 2.48 bits per heavy atom. The molecule has 2 saturated heterocycles. The van der Waals surface area contributed by atoms with Crippen LogP contribution in [0.4, 0.5) is 13.2 Å². The van der Waals surface area contributed by atoms with Crippen LogP contribution in [0.25, 0.3) is 0 Å². The summed E-state index contributed by atoms with van der Waals surface area (Å²) in [7, 11) is 0. The standard InChI is InChI=1S/C25H30ClF3N2O2/c1-4-20(32)31-13-24(14-31)10-11-30(15-25(24,28)29)22(33)17-8-9-23(2,3)12-18(17)16-6-5-7-19(27)21(16)26/h4-7,17-18H,1,8-15H2,2-3H3/t17-,18+/m0/s1. The zero-order valence-electron chi connectivity index (χ0n) is 19.1. The van der Waals surface area contributed by atoms with Gasteiger partial charge < -0.3 is 9.80 Å². The van der Waals surface area contributed by atoms with E-state index >= 15 is 8.78 Å². The molecule has 8 heteroatoms. The molecule has 3 aliphatic rings. The second-order valence-corrected chi connectivity index (χ2v) is 11.0. The van der Waals surface area contributed by atoms with Crippen molar-refractivity contribution in [3.05, 3.63) is 47.3 Å². The highest BCUT2D eigenvalue weighted by Crippen LogP contribution is 2.52. The summed E-state index contributed by atoms with van der Waals surface area (Å²) in [5, 5.41) is 0.00220. The number of benzene rings is 1. The van der Waals surface area contributed by atoms with Gasteiger partial charge in [0, 0.05) is 25.6 Å². The summed E-state index contributed by atoms with van der Waals surface area (Å²) in [6.45, 7) is 7.11. The number of alkyl halides is 2. The van der Waals surface area contributed by atoms with Crippen molar-refractivity contribution < 1.29 is 22.8 Å². The molecule has 0 N–H and O–H groups in total. The monoisotopic (exact) mass is 482 g/mol. The van der Waals surface area contributed by atoms with Crippen molar-refractivity contribution in [1.29, 1.82) is 0 Å². The molecule has 2 atom stereocenters. The molecule has 0 radical (unpaired) electrons. The molecule has 2 aliphatic heterocycles. The Bertz CT molecular complexity index is 974. The number of piperidine rings is 1. The van der Waals surface area contributed by atoms with E-state index in [1.54, 1.807) is 12.1 Å². The highest BCUT2D eigenvalue weighted by atomic mass is 35.5. The van der Waals surface area contributed by atoms with Crippen LogP contribution in [0.15, 0.2) is 30.9 Å². The molecule has 33 heavy (non-hydrogen) atoms. The van der Waals surface area contributed by atoms with Crippen molar-refractivity contribution in [1.82, 2.24) is 9.80 Å². The fourth-order valence-corrected chi connectivity index (χ4v) is 6.08. The normalized spacial score (nSPS) is 27.7. The Hall–Kier alpha value is -2.02. The summed E-state index contributed by atoms with van der Waals surface area (Å²) in [5.41, 5.74) is -0.789. The lowest BCUT2D eigenvalue weighted by molar-refractivity contribution is -0.223. The number of rotatable bonds is 3. The van der Waals surface area contributed by atoms with Crippen LogP contribution in [0.5, 0.6) is 0 Å². The third kappa shape index (κ3) is 4.17. The topological polar surface area (TPSA) is 40.6 Å². The first-order valence-electron chi connectivity index (χ1n) is 11.4. The van der Waals surface area contributed by atoms with Gasteiger partial charge in [0.2, 0.25) is 11.8 Å². The summed E-state index contributed by atoms with van der Waals surface area (Å²) in [6.07, 6.45) is 3.21. The zero-order chi connectivity index (χ0) is 24.2. The Balaban J connectivity index is 1.54. The first kappa shape index (κ1) is 24.1. The second-order valence-electron chi connectivity index (χ2n) is 10.7. The summed E-state index contributed by atoms with van der Waals surface area (Å²) in [5.74, 6) is -5.17. The van der Waals surface area contributed by atoms with Gasteiger partial charge in [0.25, 0.3) is 5.92 Å². The SMILES string of the molecule is C=CC(=O)N1CC2(CCN(C(=O)[C@H]3CCC(C)(C)C[C@@H]3c3cccc(F)c3Cl)CC2(F)F)C1. The summed E-state index contributed by atoms with van der Waals surface area (Å²) >= 11 is 6.28. The van der Waals surface area contributed by atoms with Gasteiger partial charge in [-0.05, 0) is 54.7 Å². The summed E-state index contributed by atoms with van der Waals surface area (Å²) < 4.78 is 44.7. The molecule has 2 amide bonds. The van der Waals surface area contributed by atoms with E-state index in [2.05, 4.69) is 20.4 Å².